The van der Waals surface area contributed by atoms with Gasteiger partial charge in [-0.15, -0.1) is 0 Å². The first-order chi connectivity index (χ1) is 8.78. The topological polar surface area (TPSA) is 24.5 Å². The second-order valence-corrected chi connectivity index (χ2v) is 8.25. The number of likely N-dealkylation sites (N-methyl/N-ethyl adjacent to an activating group) is 1. The number of ether oxygens (including phenoxy) is 1. The summed E-state index contributed by atoms with van der Waals surface area (Å²) in [5.41, 5.74) is -0.141. The van der Waals surface area contributed by atoms with Crippen molar-refractivity contribution in [3.8, 4) is 0 Å². The van der Waals surface area contributed by atoms with E-state index in [1.807, 2.05) is 0 Å². The zero-order valence-corrected chi connectivity index (χ0v) is 14.1. The summed E-state index contributed by atoms with van der Waals surface area (Å²) in [5, 5.41) is 3.51. The van der Waals surface area contributed by atoms with Gasteiger partial charge in [0.1, 0.15) is 0 Å². The first-order valence-corrected chi connectivity index (χ1v) is 8.62. The van der Waals surface area contributed by atoms with E-state index < -0.39 is 0 Å². The molecule has 2 rings (SSSR count). The summed E-state index contributed by atoms with van der Waals surface area (Å²) in [4.78, 5) is 2.65. The number of thioether (sulfide) groups is 1. The highest BCUT2D eigenvalue weighted by atomic mass is 32.2. The zero-order chi connectivity index (χ0) is 14.3. The van der Waals surface area contributed by atoms with Crippen LogP contribution in [0.5, 0.6) is 0 Å². The van der Waals surface area contributed by atoms with Crippen LogP contribution in [0.2, 0.25) is 0 Å². The second-order valence-electron chi connectivity index (χ2n) is 7.10. The van der Waals surface area contributed by atoms with Gasteiger partial charge in [-0.3, -0.25) is 4.90 Å². The molecule has 0 amide bonds. The van der Waals surface area contributed by atoms with Crippen LogP contribution in [0.1, 0.15) is 34.6 Å². The average molecular weight is 286 g/mol. The molecular formula is C15H30N2OS. The lowest BCUT2D eigenvalue weighted by Gasteiger charge is -2.39. The molecule has 1 N–H and O–H groups in total. The van der Waals surface area contributed by atoms with Crippen molar-refractivity contribution in [2.24, 2.45) is 5.92 Å². The molecule has 19 heavy (non-hydrogen) atoms. The average Bonchev–Trinajstić information content (AvgIpc) is 2.46. The van der Waals surface area contributed by atoms with Gasteiger partial charge in [0.05, 0.1) is 11.2 Å². The van der Waals surface area contributed by atoms with Gasteiger partial charge in [0, 0.05) is 42.6 Å². The predicted molar refractivity (Wildman–Crippen MR) is 83.9 cm³/mol. The normalized spacial score (nSPS) is 38.5. The number of rotatable bonds is 3. The minimum Gasteiger partial charge on any atom is -0.368 e. The van der Waals surface area contributed by atoms with Crippen LogP contribution in [-0.4, -0.2) is 59.8 Å². The van der Waals surface area contributed by atoms with Crippen LogP contribution in [0.3, 0.4) is 0 Å². The smallest absolute Gasteiger partial charge is 0.0790 e. The molecule has 2 aliphatic rings. The highest BCUT2D eigenvalue weighted by Crippen LogP contribution is 2.42. The van der Waals surface area contributed by atoms with Crippen molar-refractivity contribution in [2.75, 3.05) is 31.6 Å². The fraction of sp³-hybridized carbons (Fsp3) is 1.00. The third-order valence-electron chi connectivity index (χ3n) is 4.82. The molecule has 0 aromatic rings. The molecule has 0 aliphatic carbocycles. The van der Waals surface area contributed by atoms with E-state index in [9.17, 15) is 0 Å². The molecule has 0 aromatic heterocycles. The van der Waals surface area contributed by atoms with Crippen LogP contribution in [0.15, 0.2) is 0 Å². The molecule has 0 spiro atoms. The van der Waals surface area contributed by atoms with Gasteiger partial charge >= 0.3 is 0 Å². The van der Waals surface area contributed by atoms with E-state index in [0.29, 0.717) is 18.0 Å². The minimum absolute atomic E-state index is 0.0541. The van der Waals surface area contributed by atoms with Crippen molar-refractivity contribution >= 4 is 11.8 Å². The predicted octanol–water partition coefficient (Wildman–Crippen LogP) is 2.22. The van der Waals surface area contributed by atoms with Crippen LogP contribution in [0.25, 0.3) is 0 Å². The SMILES string of the molecule is CNC1C(CN2CCSCC2C)C(C)(C)OC1(C)C. The third-order valence-corrected chi connectivity index (χ3v) is 6.01. The summed E-state index contributed by atoms with van der Waals surface area (Å²) in [6.45, 7) is 13.6. The monoisotopic (exact) mass is 286 g/mol. The number of hydrogen-bond donors (Lipinski definition) is 1. The van der Waals surface area contributed by atoms with Gasteiger partial charge in [-0.1, -0.05) is 0 Å². The van der Waals surface area contributed by atoms with Gasteiger partial charge in [-0.2, -0.15) is 11.8 Å². The lowest BCUT2D eigenvalue weighted by molar-refractivity contribution is -0.0798. The van der Waals surface area contributed by atoms with E-state index in [0.717, 1.165) is 6.54 Å². The molecule has 2 aliphatic heterocycles. The number of hydrogen-bond acceptors (Lipinski definition) is 4. The van der Waals surface area contributed by atoms with Crippen LogP contribution in [0, 0.1) is 5.92 Å². The van der Waals surface area contributed by atoms with E-state index in [1.165, 1.54) is 18.1 Å². The molecule has 2 saturated heterocycles. The molecule has 4 heteroatoms. The molecule has 3 atom stereocenters. The third kappa shape index (κ3) is 3.12. The molecule has 0 aromatic carbocycles. The molecule has 112 valence electrons. The minimum atomic E-state index is -0.0866. The molecule has 3 unspecified atom stereocenters. The lowest BCUT2D eigenvalue weighted by Crippen LogP contribution is -2.52. The fourth-order valence-electron chi connectivity index (χ4n) is 3.86. The van der Waals surface area contributed by atoms with Crippen LogP contribution in [-0.2, 0) is 4.74 Å². The second kappa shape index (κ2) is 5.55. The Bertz CT molecular complexity index is 319. The van der Waals surface area contributed by atoms with Gasteiger partial charge in [0.15, 0.2) is 0 Å². The molecule has 0 radical (unpaired) electrons. The Morgan fingerprint density at radius 3 is 2.53 bits per heavy atom. The van der Waals surface area contributed by atoms with E-state index >= 15 is 0 Å². The van der Waals surface area contributed by atoms with E-state index in [4.69, 9.17) is 4.74 Å². The summed E-state index contributed by atoms with van der Waals surface area (Å²) in [5.74, 6) is 3.08. The highest BCUT2D eigenvalue weighted by molar-refractivity contribution is 7.99. The Morgan fingerprint density at radius 1 is 1.26 bits per heavy atom. The van der Waals surface area contributed by atoms with Crippen molar-refractivity contribution in [1.82, 2.24) is 10.2 Å². The van der Waals surface area contributed by atoms with Crippen molar-refractivity contribution in [1.29, 1.82) is 0 Å². The van der Waals surface area contributed by atoms with Gasteiger partial charge in [0.25, 0.3) is 0 Å². The number of nitrogens with zero attached hydrogens (tertiary/aromatic N) is 1. The standard InChI is InChI=1S/C15H30N2OS/c1-11-10-19-8-7-17(11)9-12-13(16-6)15(4,5)18-14(12,2)3/h11-13,16H,7-10H2,1-6H3. The molecule has 0 bridgehead atoms. The molecular weight excluding hydrogens is 256 g/mol. The maximum atomic E-state index is 6.33. The van der Waals surface area contributed by atoms with E-state index in [-0.39, 0.29) is 11.2 Å². The zero-order valence-electron chi connectivity index (χ0n) is 13.3. The van der Waals surface area contributed by atoms with Gasteiger partial charge < -0.3 is 10.1 Å². The Labute approximate surface area is 122 Å². The van der Waals surface area contributed by atoms with Crippen molar-refractivity contribution < 1.29 is 4.74 Å². The molecule has 3 nitrogen and oxygen atoms in total. The highest BCUT2D eigenvalue weighted by Gasteiger charge is 2.53. The van der Waals surface area contributed by atoms with E-state index in [2.05, 4.69) is 63.6 Å². The molecule has 2 heterocycles. The Morgan fingerprint density at radius 2 is 1.95 bits per heavy atom. The van der Waals surface area contributed by atoms with Crippen molar-refractivity contribution in [3.63, 3.8) is 0 Å². The van der Waals surface area contributed by atoms with Crippen molar-refractivity contribution in [2.45, 2.75) is 57.9 Å². The van der Waals surface area contributed by atoms with Crippen LogP contribution in [0.4, 0.5) is 0 Å². The largest absolute Gasteiger partial charge is 0.368 e. The summed E-state index contributed by atoms with van der Waals surface area (Å²) < 4.78 is 6.33. The lowest BCUT2D eigenvalue weighted by atomic mass is 9.82. The van der Waals surface area contributed by atoms with Crippen molar-refractivity contribution in [3.05, 3.63) is 0 Å². The Kier molecular flexibility index (Phi) is 4.56. The summed E-state index contributed by atoms with van der Waals surface area (Å²) in [6.07, 6.45) is 0. The maximum absolute atomic E-state index is 6.33. The van der Waals surface area contributed by atoms with Gasteiger partial charge in [-0.05, 0) is 41.7 Å². The quantitative estimate of drug-likeness (QED) is 0.860. The number of nitrogens with one attached hydrogen (secondary N) is 1. The summed E-state index contributed by atoms with van der Waals surface area (Å²) in [7, 11) is 2.07. The molecule has 0 saturated carbocycles. The Balaban J connectivity index is 2.12. The summed E-state index contributed by atoms with van der Waals surface area (Å²) >= 11 is 2.08. The van der Waals surface area contributed by atoms with Gasteiger partial charge in [-0.25, -0.2) is 0 Å². The van der Waals surface area contributed by atoms with Gasteiger partial charge in [0.2, 0.25) is 0 Å². The van der Waals surface area contributed by atoms with Crippen LogP contribution >= 0.6 is 11.8 Å². The first kappa shape index (κ1) is 15.6. The molecule has 2 fully saturated rings. The fourth-order valence-corrected chi connectivity index (χ4v) is 4.94. The maximum Gasteiger partial charge on any atom is 0.0790 e. The first-order valence-electron chi connectivity index (χ1n) is 7.47. The summed E-state index contributed by atoms with van der Waals surface area (Å²) in [6, 6.07) is 1.11. The van der Waals surface area contributed by atoms with Crippen LogP contribution < -0.4 is 5.32 Å². The van der Waals surface area contributed by atoms with E-state index in [1.54, 1.807) is 0 Å². The Hall–Kier alpha value is 0.230.